The van der Waals surface area contributed by atoms with Crippen LogP contribution >= 0.6 is 0 Å². The molecule has 0 heterocycles. The van der Waals surface area contributed by atoms with E-state index >= 15 is 0 Å². The number of rotatable bonds is 12. The van der Waals surface area contributed by atoms with Crippen molar-refractivity contribution in [1.29, 1.82) is 0 Å². The molecule has 0 N–H and O–H groups in total. The van der Waals surface area contributed by atoms with Crippen molar-refractivity contribution in [1.82, 2.24) is 0 Å². The zero-order chi connectivity index (χ0) is 21.9. The van der Waals surface area contributed by atoms with Gasteiger partial charge < -0.3 is 18.9 Å². The van der Waals surface area contributed by atoms with Crippen molar-refractivity contribution in [2.75, 3.05) is 27.4 Å². The van der Waals surface area contributed by atoms with E-state index in [-0.39, 0.29) is 0 Å². The number of hydrogen-bond donors (Lipinski definition) is 0. The van der Waals surface area contributed by atoms with Gasteiger partial charge in [0.25, 0.3) is 0 Å². The van der Waals surface area contributed by atoms with Gasteiger partial charge in [0, 0.05) is 0 Å². The zero-order valence-corrected chi connectivity index (χ0v) is 19.2. The van der Waals surface area contributed by atoms with Crippen LogP contribution in [-0.4, -0.2) is 27.4 Å². The molecule has 164 valence electrons. The number of benzene rings is 2. The summed E-state index contributed by atoms with van der Waals surface area (Å²) in [7, 11) is 3.36. The summed E-state index contributed by atoms with van der Waals surface area (Å²) in [4.78, 5) is 0. The molecular formula is C26H36O4. The molecule has 0 aliphatic heterocycles. The van der Waals surface area contributed by atoms with Crippen LogP contribution in [-0.2, 0) is 12.8 Å². The van der Waals surface area contributed by atoms with Crippen molar-refractivity contribution in [2.24, 2.45) is 11.8 Å². The van der Waals surface area contributed by atoms with Gasteiger partial charge >= 0.3 is 0 Å². The molecule has 0 fully saturated rings. The Morgan fingerprint density at radius 1 is 0.633 bits per heavy atom. The van der Waals surface area contributed by atoms with E-state index in [9.17, 15) is 0 Å². The lowest BCUT2D eigenvalue weighted by molar-refractivity contribution is 0.257. The van der Waals surface area contributed by atoms with E-state index in [2.05, 4.69) is 52.0 Å². The van der Waals surface area contributed by atoms with Gasteiger partial charge in [-0.15, -0.1) is 0 Å². The lowest BCUT2D eigenvalue weighted by atomic mass is 10.1. The molecule has 0 aliphatic carbocycles. The monoisotopic (exact) mass is 412 g/mol. The molecule has 0 atom stereocenters. The minimum atomic E-state index is 0.478. The third-order valence-corrected chi connectivity index (χ3v) is 4.47. The number of methoxy groups -OCH3 is 2. The second kappa shape index (κ2) is 12.2. The van der Waals surface area contributed by atoms with Gasteiger partial charge in [-0.25, -0.2) is 0 Å². The second-order valence-electron chi connectivity index (χ2n) is 8.26. The third-order valence-electron chi connectivity index (χ3n) is 4.47. The molecular weight excluding hydrogens is 376 g/mol. The van der Waals surface area contributed by atoms with Crippen LogP contribution in [0.5, 0.6) is 23.0 Å². The summed E-state index contributed by atoms with van der Waals surface area (Å²) in [6.07, 6.45) is 6.04. The molecule has 0 aliphatic rings. The van der Waals surface area contributed by atoms with Gasteiger partial charge in [-0.05, 0) is 60.1 Å². The number of ether oxygens (including phenoxy) is 4. The molecule has 4 heteroatoms. The number of allylic oxidation sites excluding steroid dienone is 2. The maximum atomic E-state index is 5.82. The fraction of sp³-hybridized carbons (Fsp3) is 0.462. The molecule has 0 amide bonds. The first-order valence-electron chi connectivity index (χ1n) is 10.7. The molecule has 0 bridgehead atoms. The summed E-state index contributed by atoms with van der Waals surface area (Å²) >= 11 is 0. The molecule has 0 radical (unpaired) electrons. The minimum absolute atomic E-state index is 0.478. The van der Waals surface area contributed by atoms with Crippen LogP contribution < -0.4 is 18.9 Å². The Morgan fingerprint density at radius 3 is 1.37 bits per heavy atom. The van der Waals surface area contributed by atoms with Crippen molar-refractivity contribution in [3.63, 3.8) is 0 Å². The topological polar surface area (TPSA) is 36.9 Å². The first-order chi connectivity index (χ1) is 14.4. The average Bonchev–Trinajstić information content (AvgIpc) is 2.74. The van der Waals surface area contributed by atoms with E-state index in [1.54, 1.807) is 14.2 Å². The van der Waals surface area contributed by atoms with Crippen LogP contribution in [0.2, 0.25) is 0 Å². The van der Waals surface area contributed by atoms with E-state index < -0.39 is 0 Å². The highest BCUT2D eigenvalue weighted by Gasteiger charge is 2.08. The Morgan fingerprint density at radius 2 is 1.03 bits per heavy atom. The summed E-state index contributed by atoms with van der Waals surface area (Å²) in [6, 6.07) is 12.3. The van der Waals surface area contributed by atoms with Gasteiger partial charge in [-0.3, -0.25) is 0 Å². The lowest BCUT2D eigenvalue weighted by Gasteiger charge is -2.13. The van der Waals surface area contributed by atoms with Crippen LogP contribution in [0, 0.1) is 11.8 Å². The first kappa shape index (κ1) is 23.7. The van der Waals surface area contributed by atoms with Gasteiger partial charge in [-0.2, -0.15) is 0 Å². The highest BCUT2D eigenvalue weighted by atomic mass is 16.5. The molecule has 2 rings (SSSR count). The average molecular weight is 413 g/mol. The maximum absolute atomic E-state index is 5.82. The van der Waals surface area contributed by atoms with E-state index in [1.165, 1.54) is 11.1 Å². The van der Waals surface area contributed by atoms with E-state index in [1.807, 2.05) is 24.3 Å². The van der Waals surface area contributed by atoms with Crippen LogP contribution in [0.3, 0.4) is 0 Å². The van der Waals surface area contributed by atoms with Crippen LogP contribution in [0.15, 0.2) is 48.6 Å². The van der Waals surface area contributed by atoms with Gasteiger partial charge in [0.1, 0.15) is 0 Å². The Balaban J connectivity index is 1.94. The second-order valence-corrected chi connectivity index (χ2v) is 8.26. The molecule has 2 aromatic rings. The van der Waals surface area contributed by atoms with Crippen LogP contribution in [0.25, 0.3) is 0 Å². The molecule has 4 nitrogen and oxygen atoms in total. The molecule has 0 unspecified atom stereocenters. The maximum Gasteiger partial charge on any atom is 0.161 e. The van der Waals surface area contributed by atoms with Crippen LogP contribution in [0.4, 0.5) is 0 Å². The van der Waals surface area contributed by atoms with Gasteiger partial charge in [-0.1, -0.05) is 52.0 Å². The zero-order valence-electron chi connectivity index (χ0n) is 19.2. The summed E-state index contributed by atoms with van der Waals surface area (Å²) in [6.45, 7) is 9.89. The molecule has 2 aromatic carbocycles. The van der Waals surface area contributed by atoms with Crippen molar-refractivity contribution < 1.29 is 18.9 Å². The van der Waals surface area contributed by atoms with Gasteiger partial charge in [0.15, 0.2) is 23.0 Å². The van der Waals surface area contributed by atoms with Crippen molar-refractivity contribution in [3.05, 3.63) is 59.7 Å². The fourth-order valence-corrected chi connectivity index (χ4v) is 2.87. The highest BCUT2D eigenvalue weighted by Crippen LogP contribution is 2.30. The standard InChI is InChI=1S/C26H36O4/c1-19(2)17-29-23-13-11-21(15-25(23)27-5)9-7-8-10-22-12-14-24(26(16-22)28-6)30-18-20(3)4/h7-8,11-16,19-20H,9-10,17-18H2,1-6H3/b8-7-. The smallest absolute Gasteiger partial charge is 0.161 e. The van der Waals surface area contributed by atoms with Crippen molar-refractivity contribution in [3.8, 4) is 23.0 Å². The summed E-state index contributed by atoms with van der Waals surface area (Å²) in [5, 5.41) is 0. The van der Waals surface area contributed by atoms with E-state index in [4.69, 9.17) is 18.9 Å². The molecule has 30 heavy (non-hydrogen) atoms. The molecule has 0 saturated carbocycles. The third kappa shape index (κ3) is 7.66. The van der Waals surface area contributed by atoms with Crippen molar-refractivity contribution in [2.45, 2.75) is 40.5 Å². The van der Waals surface area contributed by atoms with E-state index in [0.717, 1.165) is 35.8 Å². The van der Waals surface area contributed by atoms with Crippen molar-refractivity contribution >= 4 is 0 Å². The summed E-state index contributed by atoms with van der Waals surface area (Å²) in [5.41, 5.74) is 2.38. The lowest BCUT2D eigenvalue weighted by Crippen LogP contribution is -2.05. The highest BCUT2D eigenvalue weighted by molar-refractivity contribution is 5.44. The van der Waals surface area contributed by atoms with Gasteiger partial charge in [0.2, 0.25) is 0 Å². The first-order valence-corrected chi connectivity index (χ1v) is 10.7. The van der Waals surface area contributed by atoms with Gasteiger partial charge in [0.05, 0.1) is 27.4 Å². The molecule has 0 saturated heterocycles. The van der Waals surface area contributed by atoms with E-state index in [0.29, 0.717) is 25.0 Å². The number of hydrogen-bond acceptors (Lipinski definition) is 4. The quantitative estimate of drug-likeness (QED) is 0.394. The fourth-order valence-electron chi connectivity index (χ4n) is 2.87. The predicted octanol–water partition coefficient (Wildman–Crippen LogP) is 6.11. The Hall–Kier alpha value is -2.62. The Bertz CT molecular complexity index is 741. The minimum Gasteiger partial charge on any atom is -0.493 e. The largest absolute Gasteiger partial charge is 0.493 e. The predicted molar refractivity (Wildman–Crippen MR) is 123 cm³/mol. The molecule has 0 spiro atoms. The Labute approximate surface area is 181 Å². The summed E-state index contributed by atoms with van der Waals surface area (Å²) < 4.78 is 22.6. The summed E-state index contributed by atoms with van der Waals surface area (Å²) in [5.74, 6) is 4.11. The Kier molecular flexibility index (Phi) is 9.59. The van der Waals surface area contributed by atoms with Crippen LogP contribution in [0.1, 0.15) is 38.8 Å². The normalized spacial score (nSPS) is 11.3. The molecule has 0 aromatic heterocycles. The SMILES string of the molecule is COc1cc(C/C=C\Cc2ccc(OCC(C)C)c(OC)c2)ccc1OCC(C)C.